The Hall–Kier alpha value is -3.06. The van der Waals surface area contributed by atoms with Gasteiger partial charge >= 0.3 is 6.03 Å². The van der Waals surface area contributed by atoms with Gasteiger partial charge in [-0.2, -0.15) is 5.10 Å². The highest BCUT2D eigenvalue weighted by Crippen LogP contribution is 2.34. The molecule has 0 radical (unpaired) electrons. The summed E-state index contributed by atoms with van der Waals surface area (Å²) in [5.74, 6) is 0.450. The quantitative estimate of drug-likeness (QED) is 0.721. The summed E-state index contributed by atoms with van der Waals surface area (Å²) in [6, 6.07) is 14.4. The number of benzene rings is 2. The van der Waals surface area contributed by atoms with E-state index in [1.165, 1.54) is 9.91 Å². The largest absolute Gasteiger partial charge is 0.497 e. The molecule has 2 aromatic rings. The van der Waals surface area contributed by atoms with Crippen LogP contribution in [0.15, 0.2) is 53.6 Å². The third-order valence-corrected chi connectivity index (χ3v) is 5.28. The van der Waals surface area contributed by atoms with E-state index in [9.17, 15) is 9.59 Å². The number of rotatable bonds is 5. The number of nitrogens with zero attached hydrogens (tertiary/aromatic N) is 3. The summed E-state index contributed by atoms with van der Waals surface area (Å²) in [5, 5.41) is 9.61. The van der Waals surface area contributed by atoms with Gasteiger partial charge in [0.15, 0.2) is 0 Å². The van der Waals surface area contributed by atoms with Crippen LogP contribution in [0.4, 0.5) is 4.79 Å². The molecule has 1 atom stereocenters. The molecule has 8 heteroatoms. The molecule has 0 bridgehead atoms. The van der Waals surface area contributed by atoms with E-state index >= 15 is 0 Å². The minimum Gasteiger partial charge on any atom is -0.497 e. The molecule has 3 rings (SSSR count). The van der Waals surface area contributed by atoms with Crippen molar-refractivity contribution in [2.24, 2.45) is 5.10 Å². The number of halogens is 1. The molecule has 32 heavy (non-hydrogen) atoms. The summed E-state index contributed by atoms with van der Waals surface area (Å²) >= 11 is 6.06. The molecule has 3 amide bonds. The van der Waals surface area contributed by atoms with Gasteiger partial charge in [0, 0.05) is 29.6 Å². The number of methoxy groups -OCH3 is 1. The van der Waals surface area contributed by atoms with Gasteiger partial charge in [-0.15, -0.1) is 0 Å². The average Bonchev–Trinajstić information content (AvgIpc) is 3.18. The number of hydrazone groups is 1. The molecule has 0 aromatic heterocycles. The van der Waals surface area contributed by atoms with Crippen molar-refractivity contribution in [3.8, 4) is 5.75 Å². The fraction of sp³-hybridized carbons (Fsp3) is 0.375. The minimum atomic E-state index is -0.397. The zero-order chi connectivity index (χ0) is 23.5. The normalized spacial score (nSPS) is 15.9. The summed E-state index contributed by atoms with van der Waals surface area (Å²) in [6.45, 7) is 5.58. The Balaban J connectivity index is 1.86. The van der Waals surface area contributed by atoms with Gasteiger partial charge in [-0.3, -0.25) is 4.79 Å². The lowest BCUT2D eigenvalue weighted by molar-refractivity contribution is -0.133. The Labute approximate surface area is 194 Å². The smallest absolute Gasteiger partial charge is 0.318 e. The van der Waals surface area contributed by atoms with Gasteiger partial charge in [0.25, 0.3) is 5.91 Å². The van der Waals surface area contributed by atoms with Crippen LogP contribution in [0.25, 0.3) is 0 Å². The first-order chi connectivity index (χ1) is 15.1. The minimum absolute atomic E-state index is 0.0963. The van der Waals surface area contributed by atoms with Crippen molar-refractivity contribution >= 4 is 29.3 Å². The lowest BCUT2D eigenvalue weighted by atomic mass is 9.98. The number of amides is 3. The SMILES string of the molecule is COc1cccc(C2=NN(C(=O)CN(C)C(=O)NC(C)(C)C)[C@H](c3ccc(Cl)cc3)C2)c1. The molecule has 1 heterocycles. The Morgan fingerprint density at radius 1 is 1.22 bits per heavy atom. The van der Waals surface area contributed by atoms with E-state index in [0.717, 1.165) is 22.6 Å². The number of hydrogen-bond acceptors (Lipinski definition) is 4. The van der Waals surface area contributed by atoms with E-state index in [1.807, 2.05) is 57.2 Å². The van der Waals surface area contributed by atoms with Gasteiger partial charge < -0.3 is 15.0 Å². The highest BCUT2D eigenvalue weighted by molar-refractivity contribution is 6.30. The second kappa shape index (κ2) is 9.61. The van der Waals surface area contributed by atoms with Crippen molar-refractivity contribution in [3.63, 3.8) is 0 Å². The lowest BCUT2D eigenvalue weighted by Gasteiger charge is -2.27. The predicted octanol–water partition coefficient (Wildman–Crippen LogP) is 4.47. The number of nitrogens with one attached hydrogen (secondary N) is 1. The molecule has 0 unspecified atom stereocenters. The Morgan fingerprint density at radius 3 is 2.53 bits per heavy atom. The number of likely N-dealkylation sites (N-methyl/N-ethyl adjacent to an activating group) is 1. The summed E-state index contributed by atoms with van der Waals surface area (Å²) in [4.78, 5) is 27.0. The second-order valence-electron chi connectivity index (χ2n) is 8.82. The van der Waals surface area contributed by atoms with Crippen molar-refractivity contribution in [1.29, 1.82) is 0 Å². The van der Waals surface area contributed by atoms with E-state index in [2.05, 4.69) is 10.4 Å². The van der Waals surface area contributed by atoms with Gasteiger partial charge in [-0.1, -0.05) is 35.9 Å². The first kappa shape index (κ1) is 23.6. The van der Waals surface area contributed by atoms with Crippen LogP contribution in [0, 0.1) is 0 Å². The number of hydrogen-bond donors (Lipinski definition) is 1. The second-order valence-corrected chi connectivity index (χ2v) is 9.26. The van der Waals surface area contributed by atoms with Crippen molar-refractivity contribution in [3.05, 3.63) is 64.7 Å². The standard InChI is InChI=1S/C24H29ClN4O3/c1-24(2,3)26-23(31)28(4)15-22(30)29-21(16-9-11-18(25)12-10-16)14-20(27-29)17-7-6-8-19(13-17)32-5/h6-13,21H,14-15H2,1-5H3,(H,26,31)/t21-/m0/s1. The van der Waals surface area contributed by atoms with Crippen LogP contribution in [0.3, 0.4) is 0 Å². The van der Waals surface area contributed by atoms with E-state index in [-0.39, 0.29) is 24.5 Å². The van der Waals surface area contributed by atoms with Crippen LogP contribution in [0.1, 0.15) is 44.4 Å². The zero-order valence-electron chi connectivity index (χ0n) is 19.1. The first-order valence-electron chi connectivity index (χ1n) is 10.4. The lowest BCUT2D eigenvalue weighted by Crippen LogP contribution is -2.49. The average molecular weight is 457 g/mol. The molecular formula is C24H29ClN4O3. The van der Waals surface area contributed by atoms with E-state index in [4.69, 9.17) is 16.3 Å². The zero-order valence-corrected chi connectivity index (χ0v) is 19.8. The molecule has 1 aliphatic heterocycles. The molecular weight excluding hydrogens is 428 g/mol. The highest BCUT2D eigenvalue weighted by atomic mass is 35.5. The molecule has 0 aliphatic carbocycles. The topological polar surface area (TPSA) is 74.2 Å². The van der Waals surface area contributed by atoms with Gasteiger partial charge in [0.05, 0.1) is 18.9 Å². The van der Waals surface area contributed by atoms with Crippen molar-refractivity contribution in [1.82, 2.24) is 15.2 Å². The maximum absolute atomic E-state index is 13.2. The summed E-state index contributed by atoms with van der Waals surface area (Å²) in [5.41, 5.74) is 2.19. The van der Waals surface area contributed by atoms with Crippen LogP contribution in [-0.4, -0.2) is 53.8 Å². The monoisotopic (exact) mass is 456 g/mol. The molecule has 0 fully saturated rings. The van der Waals surface area contributed by atoms with Crippen LogP contribution >= 0.6 is 11.6 Å². The van der Waals surface area contributed by atoms with Crippen molar-refractivity contribution in [2.75, 3.05) is 20.7 Å². The maximum atomic E-state index is 13.2. The van der Waals surface area contributed by atoms with Gasteiger partial charge in [0.1, 0.15) is 12.3 Å². The first-order valence-corrected chi connectivity index (χ1v) is 10.8. The number of carbonyl (C=O) groups is 2. The maximum Gasteiger partial charge on any atom is 0.318 e. The summed E-state index contributed by atoms with van der Waals surface area (Å²) < 4.78 is 5.33. The highest BCUT2D eigenvalue weighted by Gasteiger charge is 2.34. The molecule has 170 valence electrons. The Kier molecular flexibility index (Phi) is 7.09. The van der Waals surface area contributed by atoms with Gasteiger partial charge in [-0.05, 0) is 50.6 Å². The van der Waals surface area contributed by atoms with Crippen LogP contribution < -0.4 is 10.1 Å². The Bertz CT molecular complexity index is 1010. The molecule has 1 aliphatic rings. The third-order valence-electron chi connectivity index (χ3n) is 5.02. The van der Waals surface area contributed by atoms with Gasteiger partial charge in [0.2, 0.25) is 0 Å². The van der Waals surface area contributed by atoms with Crippen LogP contribution in [0.2, 0.25) is 5.02 Å². The fourth-order valence-electron chi connectivity index (χ4n) is 3.43. The molecule has 2 aromatic carbocycles. The number of urea groups is 1. The van der Waals surface area contributed by atoms with Crippen LogP contribution in [-0.2, 0) is 4.79 Å². The fourth-order valence-corrected chi connectivity index (χ4v) is 3.55. The molecule has 0 saturated heterocycles. The number of carbonyl (C=O) groups excluding carboxylic acids is 2. The van der Waals surface area contributed by atoms with E-state index in [1.54, 1.807) is 26.3 Å². The molecule has 0 spiro atoms. The molecule has 0 saturated carbocycles. The number of ether oxygens (including phenoxy) is 1. The summed E-state index contributed by atoms with van der Waals surface area (Å²) in [6.07, 6.45) is 0.540. The summed E-state index contributed by atoms with van der Waals surface area (Å²) in [7, 11) is 3.21. The third kappa shape index (κ3) is 5.79. The molecule has 7 nitrogen and oxygen atoms in total. The van der Waals surface area contributed by atoms with Crippen molar-refractivity contribution in [2.45, 2.75) is 38.8 Å². The van der Waals surface area contributed by atoms with Crippen molar-refractivity contribution < 1.29 is 14.3 Å². The molecule has 1 N–H and O–H groups in total. The van der Waals surface area contributed by atoms with E-state index < -0.39 is 5.54 Å². The Morgan fingerprint density at radius 2 is 1.91 bits per heavy atom. The van der Waals surface area contributed by atoms with E-state index in [0.29, 0.717) is 11.4 Å². The predicted molar refractivity (Wildman–Crippen MR) is 126 cm³/mol. The van der Waals surface area contributed by atoms with Gasteiger partial charge in [-0.25, -0.2) is 9.80 Å². The van der Waals surface area contributed by atoms with Crippen LogP contribution in [0.5, 0.6) is 5.75 Å².